The minimum absolute atomic E-state index is 0.0462. The maximum Gasteiger partial charge on any atom is 0.243 e. The number of nitrogens with zero attached hydrogens (tertiary/aromatic N) is 3. The van der Waals surface area contributed by atoms with Crippen molar-refractivity contribution in [1.82, 2.24) is 14.4 Å². The minimum Gasteiger partial charge on any atom is -0.496 e. The van der Waals surface area contributed by atoms with Gasteiger partial charge in [0.25, 0.3) is 0 Å². The number of benzene rings is 2. The van der Waals surface area contributed by atoms with Crippen molar-refractivity contribution in [1.29, 1.82) is 0 Å². The summed E-state index contributed by atoms with van der Waals surface area (Å²) < 4.78 is 43.4. The van der Waals surface area contributed by atoms with Gasteiger partial charge in [0.15, 0.2) is 0 Å². The molecule has 0 bridgehead atoms. The number of sulfonamides is 1. The van der Waals surface area contributed by atoms with Gasteiger partial charge in [0, 0.05) is 12.6 Å². The maximum absolute atomic E-state index is 13.1. The average molecular weight is 446 g/mol. The first-order valence-electron chi connectivity index (χ1n) is 9.96. The SMILES string of the molecule is CCOc1ccc(-c2noc(CN(C)S(=O)(=O)c3ccc(OC)c(C(C)C)c3)n2)cc1. The van der Waals surface area contributed by atoms with E-state index in [0.29, 0.717) is 18.2 Å². The fourth-order valence-corrected chi connectivity index (χ4v) is 4.24. The zero-order valence-electron chi connectivity index (χ0n) is 18.3. The molecule has 8 nitrogen and oxygen atoms in total. The van der Waals surface area contributed by atoms with E-state index >= 15 is 0 Å². The fourth-order valence-electron chi connectivity index (χ4n) is 3.08. The molecule has 3 rings (SSSR count). The van der Waals surface area contributed by atoms with Crippen molar-refractivity contribution < 1.29 is 22.4 Å². The summed E-state index contributed by atoms with van der Waals surface area (Å²) in [5, 5.41) is 3.96. The van der Waals surface area contributed by atoms with Gasteiger partial charge in [0.05, 0.1) is 25.2 Å². The predicted octanol–water partition coefficient (Wildman–Crippen LogP) is 4.09. The van der Waals surface area contributed by atoms with E-state index in [-0.39, 0.29) is 23.2 Å². The first-order chi connectivity index (χ1) is 14.8. The molecule has 0 amide bonds. The number of aromatic nitrogens is 2. The Morgan fingerprint density at radius 3 is 2.45 bits per heavy atom. The molecule has 1 heterocycles. The molecule has 2 aromatic carbocycles. The van der Waals surface area contributed by atoms with E-state index in [1.807, 2.05) is 45.0 Å². The van der Waals surface area contributed by atoms with Crippen LogP contribution in [0.1, 0.15) is 38.1 Å². The summed E-state index contributed by atoms with van der Waals surface area (Å²) in [5.41, 5.74) is 1.58. The van der Waals surface area contributed by atoms with Crippen molar-refractivity contribution >= 4 is 10.0 Å². The van der Waals surface area contributed by atoms with Crippen LogP contribution in [0.5, 0.6) is 11.5 Å². The highest BCUT2D eigenvalue weighted by Gasteiger charge is 2.25. The first-order valence-corrected chi connectivity index (χ1v) is 11.4. The standard InChI is InChI=1S/C22H27N3O5S/c1-6-29-17-9-7-16(8-10-17)22-23-21(30-24-22)14-25(4)31(26,27)18-11-12-20(28-5)19(13-18)15(2)3/h7-13,15H,6,14H2,1-5H3. The van der Waals surface area contributed by atoms with E-state index in [4.69, 9.17) is 14.0 Å². The lowest BCUT2D eigenvalue weighted by molar-refractivity contribution is 0.336. The molecular formula is C22H27N3O5S. The molecule has 0 spiro atoms. The second kappa shape index (κ2) is 9.49. The van der Waals surface area contributed by atoms with Gasteiger partial charge in [-0.1, -0.05) is 19.0 Å². The van der Waals surface area contributed by atoms with Gasteiger partial charge < -0.3 is 14.0 Å². The van der Waals surface area contributed by atoms with Crippen LogP contribution < -0.4 is 9.47 Å². The van der Waals surface area contributed by atoms with Gasteiger partial charge in [0.1, 0.15) is 11.5 Å². The molecule has 1 aromatic heterocycles. The zero-order valence-corrected chi connectivity index (χ0v) is 19.1. The van der Waals surface area contributed by atoms with Gasteiger partial charge in [-0.3, -0.25) is 0 Å². The van der Waals surface area contributed by atoms with Crippen LogP contribution >= 0.6 is 0 Å². The molecule has 0 unspecified atom stereocenters. The third kappa shape index (κ3) is 5.05. The summed E-state index contributed by atoms with van der Waals surface area (Å²) >= 11 is 0. The Kier molecular flexibility index (Phi) is 6.97. The summed E-state index contributed by atoms with van der Waals surface area (Å²) in [7, 11) is -0.702. The van der Waals surface area contributed by atoms with Crippen molar-refractivity contribution in [3.05, 3.63) is 53.9 Å². The molecule has 31 heavy (non-hydrogen) atoms. The molecule has 0 aliphatic heterocycles. The van der Waals surface area contributed by atoms with Crippen molar-refractivity contribution in [3.63, 3.8) is 0 Å². The third-order valence-corrected chi connectivity index (χ3v) is 6.58. The summed E-state index contributed by atoms with van der Waals surface area (Å²) in [6, 6.07) is 12.1. The van der Waals surface area contributed by atoms with Crippen molar-refractivity contribution in [2.45, 2.75) is 38.1 Å². The number of methoxy groups -OCH3 is 1. The Labute approximate surface area is 182 Å². The fraction of sp³-hybridized carbons (Fsp3) is 0.364. The molecule has 9 heteroatoms. The van der Waals surface area contributed by atoms with Crippen LogP contribution in [0, 0.1) is 0 Å². The second-order valence-electron chi connectivity index (χ2n) is 7.29. The lowest BCUT2D eigenvalue weighted by Gasteiger charge is -2.18. The Bertz CT molecular complexity index is 1120. The largest absolute Gasteiger partial charge is 0.496 e. The van der Waals surface area contributed by atoms with Crippen LogP contribution in [0.3, 0.4) is 0 Å². The highest BCUT2D eigenvalue weighted by Crippen LogP contribution is 2.30. The normalized spacial score (nSPS) is 11.8. The molecule has 0 N–H and O–H groups in total. The summed E-state index contributed by atoms with van der Waals surface area (Å²) in [6.07, 6.45) is 0. The Balaban J connectivity index is 1.78. The average Bonchev–Trinajstić information content (AvgIpc) is 3.22. The Morgan fingerprint density at radius 1 is 1.13 bits per heavy atom. The molecule has 0 saturated carbocycles. The zero-order chi connectivity index (χ0) is 22.6. The van der Waals surface area contributed by atoms with E-state index in [9.17, 15) is 8.42 Å². The van der Waals surface area contributed by atoms with Gasteiger partial charge in [-0.15, -0.1) is 0 Å². The van der Waals surface area contributed by atoms with E-state index in [0.717, 1.165) is 16.9 Å². The number of hydrogen-bond acceptors (Lipinski definition) is 7. The molecule has 0 fully saturated rings. The van der Waals surface area contributed by atoms with E-state index in [1.165, 1.54) is 17.4 Å². The smallest absolute Gasteiger partial charge is 0.243 e. The summed E-state index contributed by atoms with van der Waals surface area (Å²) in [5.74, 6) is 2.11. The van der Waals surface area contributed by atoms with Gasteiger partial charge in [-0.05, 0) is 60.9 Å². The highest BCUT2D eigenvalue weighted by molar-refractivity contribution is 7.89. The summed E-state index contributed by atoms with van der Waals surface area (Å²) in [6.45, 7) is 6.42. The molecule has 0 saturated heterocycles. The van der Waals surface area contributed by atoms with Crippen molar-refractivity contribution in [3.8, 4) is 22.9 Å². The molecule has 0 radical (unpaired) electrons. The number of rotatable bonds is 9. The van der Waals surface area contributed by atoms with Crippen LogP contribution in [-0.4, -0.2) is 43.6 Å². The third-order valence-electron chi connectivity index (χ3n) is 4.78. The lowest BCUT2D eigenvalue weighted by atomic mass is 10.0. The summed E-state index contributed by atoms with van der Waals surface area (Å²) in [4.78, 5) is 4.52. The number of ether oxygens (including phenoxy) is 2. The molecule has 0 aliphatic rings. The highest BCUT2D eigenvalue weighted by atomic mass is 32.2. The van der Waals surface area contributed by atoms with E-state index in [1.54, 1.807) is 19.2 Å². The van der Waals surface area contributed by atoms with Gasteiger partial charge in [-0.25, -0.2) is 8.42 Å². The monoisotopic (exact) mass is 445 g/mol. The van der Waals surface area contributed by atoms with Crippen LogP contribution in [0.2, 0.25) is 0 Å². The van der Waals surface area contributed by atoms with Crippen molar-refractivity contribution in [2.24, 2.45) is 0 Å². The van der Waals surface area contributed by atoms with Crippen LogP contribution in [0.4, 0.5) is 0 Å². The van der Waals surface area contributed by atoms with Crippen LogP contribution in [-0.2, 0) is 16.6 Å². The first kappa shape index (κ1) is 22.8. The van der Waals surface area contributed by atoms with Crippen LogP contribution in [0.15, 0.2) is 51.9 Å². The predicted molar refractivity (Wildman–Crippen MR) is 117 cm³/mol. The Hall–Kier alpha value is -2.91. The second-order valence-corrected chi connectivity index (χ2v) is 9.33. The molecular weight excluding hydrogens is 418 g/mol. The van der Waals surface area contributed by atoms with E-state index in [2.05, 4.69) is 10.1 Å². The van der Waals surface area contributed by atoms with E-state index < -0.39 is 10.0 Å². The topological polar surface area (TPSA) is 94.8 Å². The van der Waals surface area contributed by atoms with Gasteiger partial charge in [0.2, 0.25) is 21.7 Å². The minimum atomic E-state index is -3.75. The van der Waals surface area contributed by atoms with Gasteiger partial charge in [-0.2, -0.15) is 9.29 Å². The molecule has 3 aromatic rings. The molecule has 0 atom stereocenters. The quantitative estimate of drug-likeness (QED) is 0.489. The molecule has 166 valence electrons. The molecule has 0 aliphatic carbocycles. The maximum atomic E-state index is 13.1. The van der Waals surface area contributed by atoms with Crippen LogP contribution in [0.25, 0.3) is 11.4 Å². The number of hydrogen-bond donors (Lipinski definition) is 0. The lowest BCUT2D eigenvalue weighted by Crippen LogP contribution is -2.26. The van der Waals surface area contributed by atoms with Gasteiger partial charge >= 0.3 is 0 Å². The Morgan fingerprint density at radius 2 is 1.84 bits per heavy atom. The van der Waals surface area contributed by atoms with Crippen molar-refractivity contribution in [2.75, 3.05) is 20.8 Å².